The van der Waals surface area contributed by atoms with E-state index in [0.29, 0.717) is 33.8 Å². The molecule has 0 bridgehead atoms. The molecule has 1 aliphatic heterocycles. The van der Waals surface area contributed by atoms with Gasteiger partial charge in [-0.2, -0.15) is 0 Å². The molecular formula is C24H17Cl3N2O3S. The standard InChI is InChI=1S/C24H17Cl3N2O3S/c1-2-32-17-8-5-15(6-9-17)28-21-22(33-18-10-3-14(25)4-11-18)24(31)29(23(21)30)16-7-12-19(26)20(27)13-16/h3-13,28H,2H2,1H3. The van der Waals surface area contributed by atoms with Crippen molar-refractivity contribution in [1.29, 1.82) is 0 Å². The summed E-state index contributed by atoms with van der Waals surface area (Å²) < 4.78 is 5.47. The Kier molecular flexibility index (Phi) is 7.20. The first kappa shape index (κ1) is 23.5. The maximum absolute atomic E-state index is 13.4. The van der Waals surface area contributed by atoms with Gasteiger partial charge in [0, 0.05) is 15.6 Å². The van der Waals surface area contributed by atoms with Crippen LogP contribution in [0.3, 0.4) is 0 Å². The van der Waals surface area contributed by atoms with Gasteiger partial charge in [0.2, 0.25) is 0 Å². The molecule has 3 aromatic carbocycles. The predicted molar refractivity (Wildman–Crippen MR) is 135 cm³/mol. The van der Waals surface area contributed by atoms with Crippen molar-refractivity contribution in [3.05, 3.63) is 92.4 Å². The molecule has 0 atom stereocenters. The van der Waals surface area contributed by atoms with Gasteiger partial charge in [-0.3, -0.25) is 9.59 Å². The summed E-state index contributed by atoms with van der Waals surface area (Å²) >= 11 is 19.3. The fourth-order valence-electron chi connectivity index (χ4n) is 3.14. The minimum Gasteiger partial charge on any atom is -0.494 e. The lowest BCUT2D eigenvalue weighted by atomic mass is 10.2. The summed E-state index contributed by atoms with van der Waals surface area (Å²) in [6.45, 7) is 2.45. The van der Waals surface area contributed by atoms with Crippen LogP contribution in [0.2, 0.25) is 15.1 Å². The van der Waals surface area contributed by atoms with Gasteiger partial charge in [-0.15, -0.1) is 0 Å². The summed E-state index contributed by atoms with van der Waals surface area (Å²) in [6.07, 6.45) is 0. The number of rotatable bonds is 7. The highest BCUT2D eigenvalue weighted by molar-refractivity contribution is 8.04. The summed E-state index contributed by atoms with van der Waals surface area (Å²) in [6, 6.07) is 18.8. The van der Waals surface area contributed by atoms with E-state index in [-0.39, 0.29) is 15.6 Å². The van der Waals surface area contributed by atoms with Crippen LogP contribution in [0.25, 0.3) is 0 Å². The smallest absolute Gasteiger partial charge is 0.283 e. The number of nitrogens with one attached hydrogen (secondary N) is 1. The van der Waals surface area contributed by atoms with E-state index < -0.39 is 11.8 Å². The molecule has 0 saturated carbocycles. The normalized spacial score (nSPS) is 13.6. The highest BCUT2D eigenvalue weighted by Crippen LogP contribution is 2.39. The zero-order valence-electron chi connectivity index (χ0n) is 17.3. The molecule has 9 heteroatoms. The Hall–Kier alpha value is -2.64. The Morgan fingerprint density at radius 1 is 0.879 bits per heavy atom. The third-order valence-corrected chi connectivity index (χ3v) is 6.75. The summed E-state index contributed by atoms with van der Waals surface area (Å²) in [4.78, 5) is 28.9. The average Bonchev–Trinajstić information content (AvgIpc) is 3.02. The third kappa shape index (κ3) is 5.14. The summed E-state index contributed by atoms with van der Waals surface area (Å²) in [5.41, 5.74) is 1.13. The van der Waals surface area contributed by atoms with Crippen molar-refractivity contribution in [3.63, 3.8) is 0 Å². The topological polar surface area (TPSA) is 58.6 Å². The average molecular weight is 520 g/mol. The number of imide groups is 1. The molecule has 0 saturated heterocycles. The highest BCUT2D eigenvalue weighted by Gasteiger charge is 2.40. The molecule has 1 aliphatic rings. The Balaban J connectivity index is 1.71. The first-order chi connectivity index (χ1) is 15.9. The van der Waals surface area contributed by atoms with E-state index in [1.807, 2.05) is 6.92 Å². The number of thioether (sulfide) groups is 1. The number of anilines is 2. The minimum atomic E-state index is -0.497. The van der Waals surface area contributed by atoms with Crippen molar-refractivity contribution in [3.8, 4) is 5.75 Å². The quantitative estimate of drug-likeness (QED) is 0.339. The van der Waals surface area contributed by atoms with Gasteiger partial charge in [0.15, 0.2) is 0 Å². The van der Waals surface area contributed by atoms with Crippen molar-refractivity contribution in [2.24, 2.45) is 0 Å². The van der Waals surface area contributed by atoms with Crippen LogP contribution in [0.5, 0.6) is 5.75 Å². The number of amides is 2. The summed E-state index contributed by atoms with van der Waals surface area (Å²) in [5.74, 6) is -0.255. The van der Waals surface area contributed by atoms with Crippen LogP contribution in [0.1, 0.15) is 6.92 Å². The van der Waals surface area contributed by atoms with E-state index in [1.54, 1.807) is 60.7 Å². The van der Waals surface area contributed by atoms with Crippen LogP contribution in [0, 0.1) is 0 Å². The fourth-order valence-corrected chi connectivity index (χ4v) is 4.48. The number of halogens is 3. The lowest BCUT2D eigenvalue weighted by Gasteiger charge is -2.16. The number of benzene rings is 3. The van der Waals surface area contributed by atoms with E-state index in [0.717, 1.165) is 9.80 Å². The molecule has 0 aromatic heterocycles. The lowest BCUT2D eigenvalue weighted by Crippen LogP contribution is -2.32. The van der Waals surface area contributed by atoms with E-state index in [2.05, 4.69) is 5.32 Å². The summed E-state index contributed by atoms with van der Waals surface area (Å²) in [5, 5.41) is 4.25. The van der Waals surface area contributed by atoms with Crippen molar-refractivity contribution in [1.82, 2.24) is 0 Å². The molecule has 33 heavy (non-hydrogen) atoms. The van der Waals surface area contributed by atoms with E-state index in [1.165, 1.54) is 17.8 Å². The lowest BCUT2D eigenvalue weighted by molar-refractivity contribution is -0.120. The molecule has 1 N–H and O–H groups in total. The van der Waals surface area contributed by atoms with Crippen LogP contribution in [0.15, 0.2) is 82.2 Å². The van der Waals surface area contributed by atoms with Crippen LogP contribution < -0.4 is 15.0 Å². The molecule has 0 unspecified atom stereocenters. The highest BCUT2D eigenvalue weighted by atomic mass is 35.5. The van der Waals surface area contributed by atoms with E-state index >= 15 is 0 Å². The van der Waals surface area contributed by atoms with Gasteiger partial charge in [0.05, 0.1) is 22.3 Å². The predicted octanol–water partition coefficient (Wildman–Crippen LogP) is 7.03. The Labute approximate surface area is 210 Å². The molecule has 0 aliphatic carbocycles. The second-order valence-electron chi connectivity index (χ2n) is 6.89. The SMILES string of the molecule is CCOc1ccc(NC2=C(Sc3ccc(Cl)cc3)C(=O)N(c3ccc(Cl)c(Cl)c3)C2=O)cc1. The largest absolute Gasteiger partial charge is 0.494 e. The number of nitrogens with zero attached hydrogens (tertiary/aromatic N) is 1. The Morgan fingerprint density at radius 2 is 1.58 bits per heavy atom. The van der Waals surface area contributed by atoms with Crippen LogP contribution in [0.4, 0.5) is 11.4 Å². The number of carbonyl (C=O) groups is 2. The molecule has 2 amide bonds. The maximum atomic E-state index is 13.4. The Bertz CT molecular complexity index is 1240. The number of carbonyl (C=O) groups excluding carboxylic acids is 2. The first-order valence-corrected chi connectivity index (χ1v) is 11.8. The second-order valence-corrected chi connectivity index (χ2v) is 9.22. The molecule has 1 heterocycles. The minimum absolute atomic E-state index is 0.162. The molecule has 5 nitrogen and oxygen atoms in total. The molecule has 0 radical (unpaired) electrons. The van der Waals surface area contributed by atoms with Crippen LogP contribution >= 0.6 is 46.6 Å². The van der Waals surface area contributed by atoms with Gasteiger partial charge in [-0.05, 0) is 73.7 Å². The fraction of sp³-hybridized carbons (Fsp3) is 0.0833. The van der Waals surface area contributed by atoms with Gasteiger partial charge in [-0.1, -0.05) is 46.6 Å². The first-order valence-electron chi connectivity index (χ1n) is 9.88. The van der Waals surface area contributed by atoms with E-state index in [4.69, 9.17) is 39.5 Å². The van der Waals surface area contributed by atoms with Crippen molar-refractivity contribution >= 4 is 69.8 Å². The number of ether oxygens (including phenoxy) is 1. The monoisotopic (exact) mass is 518 g/mol. The summed E-state index contributed by atoms with van der Waals surface area (Å²) in [7, 11) is 0. The molecule has 168 valence electrons. The van der Waals surface area contributed by atoms with Gasteiger partial charge >= 0.3 is 0 Å². The van der Waals surface area contributed by atoms with Gasteiger partial charge < -0.3 is 10.1 Å². The molecular weight excluding hydrogens is 503 g/mol. The number of hydrogen-bond acceptors (Lipinski definition) is 5. The van der Waals surface area contributed by atoms with Gasteiger partial charge in [0.1, 0.15) is 16.4 Å². The van der Waals surface area contributed by atoms with Crippen LogP contribution in [-0.2, 0) is 9.59 Å². The Morgan fingerprint density at radius 3 is 2.21 bits per heavy atom. The maximum Gasteiger partial charge on any atom is 0.283 e. The van der Waals surface area contributed by atoms with Crippen molar-refractivity contribution in [2.75, 3.05) is 16.8 Å². The zero-order valence-corrected chi connectivity index (χ0v) is 20.4. The second kappa shape index (κ2) is 10.1. The molecule has 4 rings (SSSR count). The molecule has 0 fully saturated rings. The molecule has 0 spiro atoms. The zero-order chi connectivity index (χ0) is 23.5. The van der Waals surface area contributed by atoms with Crippen LogP contribution in [-0.4, -0.2) is 18.4 Å². The van der Waals surface area contributed by atoms with Crippen molar-refractivity contribution in [2.45, 2.75) is 11.8 Å². The van der Waals surface area contributed by atoms with Gasteiger partial charge in [0.25, 0.3) is 11.8 Å². The third-order valence-electron chi connectivity index (χ3n) is 4.67. The van der Waals surface area contributed by atoms with Gasteiger partial charge in [-0.25, -0.2) is 4.90 Å². The molecule has 3 aromatic rings. The van der Waals surface area contributed by atoms with E-state index in [9.17, 15) is 9.59 Å². The van der Waals surface area contributed by atoms with Crippen molar-refractivity contribution < 1.29 is 14.3 Å². The number of hydrogen-bond donors (Lipinski definition) is 1.